The summed E-state index contributed by atoms with van der Waals surface area (Å²) < 4.78 is 4.23. The number of benzene rings is 1. The molecule has 0 atom stereocenters. The van der Waals surface area contributed by atoms with E-state index in [1.165, 1.54) is 11.5 Å². The maximum Gasteiger partial charge on any atom is 0.191 e. The Morgan fingerprint density at radius 1 is 1.18 bits per heavy atom. The molecule has 0 radical (unpaired) electrons. The van der Waals surface area contributed by atoms with Crippen molar-refractivity contribution in [2.75, 3.05) is 0 Å². The number of pyridine rings is 1. The van der Waals surface area contributed by atoms with Gasteiger partial charge in [-0.3, -0.25) is 9.78 Å². The summed E-state index contributed by atoms with van der Waals surface area (Å²) in [6.07, 6.45) is 1.87. The Morgan fingerprint density at radius 3 is 2.68 bits per heavy atom. The predicted octanol–water partition coefficient (Wildman–Crippen LogP) is 2.90. The minimum absolute atomic E-state index is 0.0480. The van der Waals surface area contributed by atoms with Crippen LogP contribution in [0.25, 0.3) is 11.5 Å². The normalized spacial score (nSPS) is 10.1. The van der Waals surface area contributed by atoms with E-state index in [-0.39, 0.29) is 12.2 Å². The Labute approximate surface area is 131 Å². The molecular formula is C16H10N4OS. The van der Waals surface area contributed by atoms with Crippen LogP contribution in [-0.4, -0.2) is 20.1 Å². The van der Waals surface area contributed by atoms with Gasteiger partial charge in [-0.15, -0.1) is 0 Å². The molecule has 2 aromatic heterocycles. The largest absolute Gasteiger partial charge is 0.294 e. The lowest BCUT2D eigenvalue weighted by Crippen LogP contribution is -2.03. The summed E-state index contributed by atoms with van der Waals surface area (Å²) in [6, 6.07) is 14.1. The second-order valence-electron chi connectivity index (χ2n) is 4.52. The Morgan fingerprint density at radius 2 is 2.00 bits per heavy atom. The van der Waals surface area contributed by atoms with Crippen LogP contribution in [-0.2, 0) is 6.42 Å². The molecule has 0 amide bonds. The first-order valence-electron chi connectivity index (χ1n) is 6.53. The third-order valence-corrected chi connectivity index (χ3v) is 3.72. The molecular weight excluding hydrogens is 296 g/mol. The molecule has 0 fully saturated rings. The van der Waals surface area contributed by atoms with Crippen LogP contribution >= 0.6 is 11.5 Å². The zero-order valence-corrected chi connectivity index (χ0v) is 12.2. The molecule has 22 heavy (non-hydrogen) atoms. The lowest BCUT2D eigenvalue weighted by atomic mass is 10.1. The van der Waals surface area contributed by atoms with E-state index in [0.29, 0.717) is 27.7 Å². The van der Waals surface area contributed by atoms with E-state index in [4.69, 9.17) is 5.26 Å². The Kier molecular flexibility index (Phi) is 3.99. The summed E-state index contributed by atoms with van der Waals surface area (Å²) >= 11 is 1.20. The number of hydrogen-bond donors (Lipinski definition) is 0. The fraction of sp³-hybridized carbons (Fsp3) is 0.0625. The van der Waals surface area contributed by atoms with Gasteiger partial charge in [0, 0.05) is 11.8 Å². The zero-order valence-electron chi connectivity index (χ0n) is 11.4. The average molecular weight is 306 g/mol. The second kappa shape index (κ2) is 6.24. The molecule has 5 nitrogen and oxygen atoms in total. The maximum atomic E-state index is 12.2. The van der Waals surface area contributed by atoms with E-state index in [0.717, 1.165) is 0 Å². The lowest BCUT2D eigenvalue weighted by Gasteiger charge is -1.98. The van der Waals surface area contributed by atoms with Crippen LogP contribution in [0.15, 0.2) is 48.7 Å². The third kappa shape index (κ3) is 3.05. The Balaban J connectivity index is 1.74. The molecule has 0 aliphatic rings. The van der Waals surface area contributed by atoms with E-state index >= 15 is 0 Å². The number of aromatic nitrogens is 3. The standard InChI is InChI=1S/C16H10N4OS/c17-10-11-4-6-12(7-5-11)14(21)9-15-19-16(20-22-15)13-3-1-2-8-18-13/h1-8H,9H2. The highest BCUT2D eigenvalue weighted by Crippen LogP contribution is 2.17. The fourth-order valence-electron chi connectivity index (χ4n) is 1.90. The van der Waals surface area contributed by atoms with Crippen molar-refractivity contribution in [3.8, 4) is 17.6 Å². The van der Waals surface area contributed by atoms with Crippen molar-refractivity contribution < 1.29 is 4.79 Å². The summed E-state index contributed by atoms with van der Waals surface area (Å²) in [5.74, 6) is 0.487. The number of carbonyl (C=O) groups is 1. The van der Waals surface area contributed by atoms with Crippen molar-refractivity contribution in [3.05, 3.63) is 64.8 Å². The van der Waals surface area contributed by atoms with Crippen LogP contribution in [0.3, 0.4) is 0 Å². The smallest absolute Gasteiger partial charge is 0.191 e. The monoisotopic (exact) mass is 306 g/mol. The molecule has 3 rings (SSSR count). The minimum Gasteiger partial charge on any atom is -0.294 e. The number of hydrogen-bond acceptors (Lipinski definition) is 6. The van der Waals surface area contributed by atoms with Gasteiger partial charge in [0.05, 0.1) is 18.1 Å². The summed E-state index contributed by atoms with van der Waals surface area (Å²) in [5.41, 5.74) is 1.79. The Bertz CT molecular complexity index is 835. The van der Waals surface area contributed by atoms with E-state index in [9.17, 15) is 4.79 Å². The van der Waals surface area contributed by atoms with Crippen molar-refractivity contribution >= 4 is 17.3 Å². The fourth-order valence-corrected chi connectivity index (χ4v) is 2.54. The minimum atomic E-state index is -0.0480. The highest BCUT2D eigenvalue weighted by atomic mass is 32.1. The first-order chi connectivity index (χ1) is 10.8. The van der Waals surface area contributed by atoms with Gasteiger partial charge >= 0.3 is 0 Å². The summed E-state index contributed by atoms with van der Waals surface area (Å²) in [7, 11) is 0. The first-order valence-corrected chi connectivity index (χ1v) is 7.31. The van der Waals surface area contributed by atoms with Crippen LogP contribution in [0.2, 0.25) is 0 Å². The number of carbonyl (C=O) groups excluding carboxylic acids is 1. The van der Waals surface area contributed by atoms with Crippen LogP contribution in [0.1, 0.15) is 20.9 Å². The van der Waals surface area contributed by atoms with Gasteiger partial charge in [0.2, 0.25) is 0 Å². The van der Waals surface area contributed by atoms with Crippen LogP contribution < -0.4 is 0 Å². The maximum absolute atomic E-state index is 12.2. The van der Waals surface area contributed by atoms with Crippen molar-refractivity contribution in [1.29, 1.82) is 5.26 Å². The highest BCUT2D eigenvalue weighted by molar-refractivity contribution is 7.05. The van der Waals surface area contributed by atoms with E-state index in [1.54, 1.807) is 30.5 Å². The highest BCUT2D eigenvalue weighted by Gasteiger charge is 2.12. The third-order valence-electron chi connectivity index (χ3n) is 3.01. The second-order valence-corrected chi connectivity index (χ2v) is 5.35. The van der Waals surface area contributed by atoms with Crippen LogP contribution in [0, 0.1) is 11.3 Å². The summed E-state index contributed by atoms with van der Waals surface area (Å²) in [4.78, 5) is 20.7. The SMILES string of the molecule is N#Cc1ccc(C(=O)Cc2nc(-c3ccccn3)ns2)cc1. The summed E-state index contributed by atoms with van der Waals surface area (Å²) in [6.45, 7) is 0. The first kappa shape index (κ1) is 14.0. The van der Waals surface area contributed by atoms with Gasteiger partial charge in [0.1, 0.15) is 10.7 Å². The van der Waals surface area contributed by atoms with Crippen LogP contribution in [0.4, 0.5) is 0 Å². The number of ketones is 1. The van der Waals surface area contributed by atoms with Crippen LogP contribution in [0.5, 0.6) is 0 Å². The van der Waals surface area contributed by atoms with Gasteiger partial charge < -0.3 is 0 Å². The molecule has 1 aromatic carbocycles. The molecule has 2 heterocycles. The molecule has 0 saturated heterocycles. The van der Waals surface area contributed by atoms with Gasteiger partial charge in [-0.05, 0) is 35.8 Å². The molecule has 0 unspecified atom stereocenters. The Hall–Kier alpha value is -2.91. The topological polar surface area (TPSA) is 79.5 Å². The predicted molar refractivity (Wildman–Crippen MR) is 82.3 cm³/mol. The van der Waals surface area contributed by atoms with Gasteiger partial charge in [-0.2, -0.15) is 9.64 Å². The van der Waals surface area contributed by atoms with E-state index in [2.05, 4.69) is 14.3 Å². The lowest BCUT2D eigenvalue weighted by molar-refractivity contribution is 0.0993. The number of nitrogens with zero attached hydrogens (tertiary/aromatic N) is 4. The number of nitriles is 1. The number of rotatable bonds is 4. The molecule has 0 saturated carbocycles. The van der Waals surface area contributed by atoms with Crippen molar-refractivity contribution in [1.82, 2.24) is 14.3 Å². The quantitative estimate of drug-likeness (QED) is 0.692. The molecule has 0 bridgehead atoms. The van der Waals surface area contributed by atoms with Crippen molar-refractivity contribution in [2.45, 2.75) is 6.42 Å². The van der Waals surface area contributed by atoms with Gasteiger partial charge in [0.25, 0.3) is 0 Å². The van der Waals surface area contributed by atoms with Gasteiger partial charge in [-0.1, -0.05) is 18.2 Å². The number of Topliss-reactive ketones (excluding diaryl/α,β-unsaturated/α-hetero) is 1. The average Bonchev–Trinajstić information content (AvgIpc) is 3.04. The van der Waals surface area contributed by atoms with Crippen molar-refractivity contribution in [2.24, 2.45) is 0 Å². The molecule has 0 aliphatic carbocycles. The molecule has 0 spiro atoms. The van der Waals surface area contributed by atoms with E-state index in [1.807, 2.05) is 24.3 Å². The molecule has 0 N–H and O–H groups in total. The molecule has 6 heteroatoms. The molecule has 0 aliphatic heterocycles. The zero-order chi connectivity index (χ0) is 15.4. The van der Waals surface area contributed by atoms with E-state index < -0.39 is 0 Å². The molecule has 106 valence electrons. The van der Waals surface area contributed by atoms with Crippen molar-refractivity contribution in [3.63, 3.8) is 0 Å². The van der Waals surface area contributed by atoms with Gasteiger partial charge in [-0.25, -0.2) is 4.98 Å². The van der Waals surface area contributed by atoms with Gasteiger partial charge in [0.15, 0.2) is 11.6 Å². The molecule has 3 aromatic rings. The summed E-state index contributed by atoms with van der Waals surface area (Å²) in [5, 5.41) is 9.40.